The van der Waals surface area contributed by atoms with Gasteiger partial charge in [-0.05, 0) is 175 Å². The summed E-state index contributed by atoms with van der Waals surface area (Å²) in [7, 11) is 0. The Hall–Kier alpha value is -15.2. The summed E-state index contributed by atoms with van der Waals surface area (Å²) in [4.78, 5) is 57.9. The van der Waals surface area contributed by atoms with Crippen molar-refractivity contribution in [3.8, 4) is 0 Å². The highest BCUT2D eigenvalue weighted by molar-refractivity contribution is 5.82. The van der Waals surface area contributed by atoms with Crippen LogP contribution < -0.4 is 62.6 Å². The predicted octanol–water partition coefficient (Wildman–Crippen LogP) is 20.3. The van der Waals surface area contributed by atoms with Crippen LogP contribution in [0.25, 0.3) is 0 Å². The molecule has 4 unspecified atom stereocenters. The highest BCUT2D eigenvalue weighted by atomic mass is 19.4. The minimum Gasteiger partial charge on any atom is -0.377 e. The third kappa shape index (κ3) is 29.7. The van der Waals surface area contributed by atoms with Crippen LogP contribution in [0.5, 0.6) is 0 Å². The summed E-state index contributed by atoms with van der Waals surface area (Å²) in [6, 6.07) is 33.3. The largest absolute Gasteiger partial charge is 0.416 e. The van der Waals surface area contributed by atoms with E-state index in [0.717, 1.165) is 86.2 Å². The molecular weight excluding hydrogens is 1910 g/mol. The molecule has 4 saturated heterocycles. The number of hydrazone groups is 4. The molecule has 4 atom stereocenters. The van der Waals surface area contributed by atoms with Crippen molar-refractivity contribution < 1.29 is 89.2 Å². The fourth-order valence-corrected chi connectivity index (χ4v) is 14.9. The van der Waals surface area contributed by atoms with E-state index in [1.807, 2.05) is 56.2 Å². The lowest BCUT2D eigenvalue weighted by Gasteiger charge is -2.36. The number of alkyl halides is 12. The molecule has 12 aromatic rings. The molecule has 0 saturated carbocycles. The van der Waals surface area contributed by atoms with E-state index < -0.39 is 70.2 Å². The van der Waals surface area contributed by atoms with Gasteiger partial charge in [-0.15, -0.1) is 0 Å². The van der Waals surface area contributed by atoms with E-state index in [2.05, 4.69) is 123 Å². The van der Waals surface area contributed by atoms with Crippen LogP contribution in [-0.2, 0) is 56.5 Å². The lowest BCUT2D eigenvalue weighted by molar-refractivity contribution is -0.138. The van der Waals surface area contributed by atoms with Crippen molar-refractivity contribution >= 4 is 117 Å². The summed E-state index contributed by atoms with van der Waals surface area (Å²) < 4.78 is 235. The van der Waals surface area contributed by atoms with E-state index in [0.29, 0.717) is 183 Å². The SMILES string of the molecule is CCC1COCCN1c1nc(N/N=C/c2ccc(Nc3cccc(C(F)(F)F)c3)c(C)n2)ncc1F.CCc1nc(/C=N/Nc2ncc(F)c(N3CCOCC3C)n2)ccc1Nc1cccc(C(F)(F)F)c1.CCc1nc(/C=N/Nc2ncc(F)c(N3CCOCC3CC)n2)ccc1Nc1cccc(C(F)(F)F)c1.Cc1nc(/C=N/Nc2ncc(F)c(N3CCOC(C)C3)n2)ccc1Nc1cccc(C(F)(F)F)c1. The fourth-order valence-electron chi connectivity index (χ4n) is 14.9. The molecule has 760 valence electrons. The third-order valence-corrected chi connectivity index (χ3v) is 22.2. The smallest absolute Gasteiger partial charge is 0.377 e. The topological polar surface area (TPSA) is 350 Å². The highest BCUT2D eigenvalue weighted by Crippen LogP contribution is 2.38. The second-order valence-electron chi connectivity index (χ2n) is 32.6. The molecule has 8 aromatic heterocycles. The predicted molar refractivity (Wildman–Crippen MR) is 517 cm³/mol. The zero-order valence-electron chi connectivity index (χ0n) is 78.7. The van der Waals surface area contributed by atoms with E-state index in [1.54, 1.807) is 91.5 Å². The lowest BCUT2D eigenvalue weighted by Crippen LogP contribution is -2.46. The van der Waals surface area contributed by atoms with Crippen LogP contribution >= 0.6 is 0 Å². The summed E-state index contributed by atoms with van der Waals surface area (Å²) in [6.07, 6.45) is -4.92. The molecule has 4 aromatic carbocycles. The Balaban J connectivity index is 0.000000161. The summed E-state index contributed by atoms with van der Waals surface area (Å²) in [5.41, 5.74) is 15.8. The monoisotopic (exact) mass is 2010 g/mol. The van der Waals surface area contributed by atoms with Gasteiger partial charge >= 0.3 is 24.7 Å². The van der Waals surface area contributed by atoms with Crippen molar-refractivity contribution in [2.45, 2.75) is 130 Å². The second kappa shape index (κ2) is 49.0. The van der Waals surface area contributed by atoms with E-state index in [-0.39, 0.29) is 71.3 Å². The molecular formula is C96H100F16N28O4. The quantitative estimate of drug-likeness (QED) is 0.0128. The molecule has 0 radical (unpaired) electrons. The number of halogens is 16. The molecule has 4 aliphatic heterocycles. The van der Waals surface area contributed by atoms with Crippen LogP contribution in [0.2, 0.25) is 0 Å². The van der Waals surface area contributed by atoms with E-state index >= 15 is 0 Å². The number of pyridine rings is 4. The number of ether oxygens (including phenoxy) is 4. The van der Waals surface area contributed by atoms with Crippen LogP contribution in [-0.4, -0.2) is 188 Å². The minimum absolute atomic E-state index is 0.0224. The van der Waals surface area contributed by atoms with Crippen molar-refractivity contribution in [2.75, 3.05) is 142 Å². The zero-order valence-corrected chi connectivity index (χ0v) is 78.7. The molecule has 0 spiro atoms. The highest BCUT2D eigenvalue weighted by Gasteiger charge is 2.36. The van der Waals surface area contributed by atoms with Gasteiger partial charge < -0.3 is 59.8 Å². The summed E-state index contributed by atoms with van der Waals surface area (Å²) in [5, 5.41) is 28.3. The van der Waals surface area contributed by atoms with Gasteiger partial charge in [0.25, 0.3) is 0 Å². The lowest BCUT2D eigenvalue weighted by atomic mass is 10.1. The minimum atomic E-state index is -4.42. The van der Waals surface area contributed by atoms with Gasteiger partial charge in [0.15, 0.2) is 46.5 Å². The Labute approximate surface area is 816 Å². The fraction of sp³-hybridized carbons (Fsp3) is 0.333. The van der Waals surface area contributed by atoms with Crippen LogP contribution in [0.1, 0.15) is 122 Å². The maximum atomic E-state index is 14.5. The van der Waals surface area contributed by atoms with Gasteiger partial charge in [0.2, 0.25) is 23.8 Å². The van der Waals surface area contributed by atoms with Gasteiger partial charge in [-0.2, -0.15) is 93.0 Å². The Kier molecular flexibility index (Phi) is 36.1. The number of morpholine rings is 4. The number of aryl methyl sites for hydroxylation is 4. The van der Waals surface area contributed by atoms with Crippen molar-refractivity contribution in [1.82, 2.24) is 59.8 Å². The molecule has 16 rings (SSSR count). The third-order valence-electron chi connectivity index (χ3n) is 22.2. The number of aromatic nitrogens is 12. The number of benzene rings is 4. The molecule has 144 heavy (non-hydrogen) atoms. The Bertz CT molecular complexity index is 6470. The number of rotatable bonds is 28. The van der Waals surface area contributed by atoms with Crippen molar-refractivity contribution in [1.29, 1.82) is 0 Å². The van der Waals surface area contributed by atoms with Gasteiger partial charge in [0.1, 0.15) is 0 Å². The van der Waals surface area contributed by atoms with Crippen LogP contribution in [0.15, 0.2) is 191 Å². The van der Waals surface area contributed by atoms with Gasteiger partial charge in [-0.25, -0.2) is 79.1 Å². The molecule has 0 amide bonds. The van der Waals surface area contributed by atoms with E-state index in [4.69, 9.17) is 18.9 Å². The van der Waals surface area contributed by atoms with Gasteiger partial charge in [0.05, 0.1) is 211 Å². The first kappa shape index (κ1) is 106. The van der Waals surface area contributed by atoms with E-state index in [9.17, 15) is 70.2 Å². The van der Waals surface area contributed by atoms with E-state index in [1.165, 1.54) is 49.1 Å². The first-order chi connectivity index (χ1) is 68.9. The molecule has 4 fully saturated rings. The van der Waals surface area contributed by atoms with Crippen molar-refractivity contribution in [2.24, 2.45) is 20.4 Å². The number of hydrogen-bond acceptors (Lipinski definition) is 32. The summed E-state index contributed by atoms with van der Waals surface area (Å²) in [6.45, 7) is 21.1. The number of hydrogen-bond donors (Lipinski definition) is 8. The average molecular weight is 2010 g/mol. The standard InChI is InChI=1S/C25H27F4N7O.2C24H25F4N7O.C23H23F4N7O/c1-3-19-15-37-11-10-36(19)23-20(26)14-30-24(34-23)35-31-13-18-8-9-22(21(4-2)33-18)32-17-7-5-6-16(12-17)25(27,28)29;1-3-19-14-36-10-9-35(19)22-20(25)13-29-23(33-22)34-30-12-18-7-8-21(15(2)31-18)32-17-6-4-5-16(11-17)24(26,27)28;1-3-20-21(31-17-6-4-5-16(11-17)24(26,27)28)8-7-18(32-20)12-30-34-23-29-13-19(25)22(33-23)35-9-10-36-14-15(35)2;1-14-13-34(8-9-35-14)21-19(24)12-28-22(32-21)33-29-11-18-6-7-20(15(2)30-18)31-17-5-3-4-16(10-17)23(25,26)27/h5-9,12-14,19,32H,3-4,10-11,15H2,1-2H3,(H,30,34,35);4-8,11-13,19,32H,3,9-10,14H2,1-2H3,(H,29,33,34);4-8,11-13,15,31H,3,9-10,14H2,1-2H3,(H,29,33,34);3-7,10-12,14,31H,8-9,13H2,1-2H3,(H,28,32,33)/b31-13+;2*30-12+;29-11+. The average Bonchev–Trinajstić information content (AvgIpc) is 0.798. The Morgan fingerprint density at radius 3 is 0.986 bits per heavy atom. The van der Waals surface area contributed by atoms with Crippen LogP contribution in [0, 0.1) is 37.1 Å². The van der Waals surface area contributed by atoms with Gasteiger partial charge in [0, 0.05) is 55.5 Å². The molecule has 32 nitrogen and oxygen atoms in total. The first-order valence-corrected chi connectivity index (χ1v) is 45.3. The summed E-state index contributed by atoms with van der Waals surface area (Å²) >= 11 is 0. The van der Waals surface area contributed by atoms with Gasteiger partial charge in [-0.3, -0.25) is 0 Å². The number of anilines is 16. The molecule has 4 aliphatic rings. The molecule has 0 bridgehead atoms. The molecule has 12 heterocycles. The zero-order chi connectivity index (χ0) is 103. The maximum Gasteiger partial charge on any atom is 0.416 e. The normalized spacial score (nSPS) is 16.4. The van der Waals surface area contributed by atoms with Gasteiger partial charge in [-0.1, -0.05) is 52.0 Å². The number of nitrogens with zero attached hydrogens (tertiary/aromatic N) is 20. The van der Waals surface area contributed by atoms with Crippen LogP contribution in [0.3, 0.4) is 0 Å². The second-order valence-corrected chi connectivity index (χ2v) is 32.6. The van der Waals surface area contributed by atoms with Crippen molar-refractivity contribution in [3.63, 3.8) is 0 Å². The summed E-state index contributed by atoms with van der Waals surface area (Å²) in [5.74, 6) is -0.865. The maximum absolute atomic E-state index is 14.5. The Morgan fingerprint density at radius 2 is 0.667 bits per heavy atom. The first-order valence-electron chi connectivity index (χ1n) is 45.3. The molecule has 48 heteroatoms. The Morgan fingerprint density at radius 1 is 0.361 bits per heavy atom. The number of nitrogens with one attached hydrogen (secondary N) is 8. The van der Waals surface area contributed by atoms with Crippen LogP contribution in [0.4, 0.5) is 163 Å². The molecule has 8 N–H and O–H groups in total. The van der Waals surface area contributed by atoms with Crippen molar-refractivity contribution in [3.05, 3.63) is 261 Å². The molecule has 0 aliphatic carbocycles.